The maximum Gasteiger partial charge on any atom is 0.223 e. The van der Waals surface area contributed by atoms with E-state index in [0.717, 1.165) is 39.9 Å². The number of nitrogens with one attached hydrogen (secondary N) is 1. The number of hydrogen-bond acceptors (Lipinski definition) is 3. The van der Waals surface area contributed by atoms with Gasteiger partial charge >= 0.3 is 0 Å². The Labute approximate surface area is 214 Å². The Kier molecular flexibility index (Phi) is 7.25. The molecule has 5 nitrogen and oxygen atoms in total. The second-order valence-corrected chi connectivity index (χ2v) is 9.42. The highest BCUT2D eigenvalue weighted by Gasteiger charge is 2.34. The molecule has 1 aromatic heterocycles. The lowest BCUT2D eigenvalue weighted by Crippen LogP contribution is -2.40. The second kappa shape index (κ2) is 10.7. The predicted molar refractivity (Wildman–Crippen MR) is 139 cm³/mol. The quantitative estimate of drug-likeness (QED) is 0.294. The van der Waals surface area contributed by atoms with Gasteiger partial charge in [-0.1, -0.05) is 35.9 Å². The maximum atomic E-state index is 13.5. The number of carbonyl (C=O) groups excluding carboxylic acids is 1. The van der Waals surface area contributed by atoms with Crippen molar-refractivity contribution in [3.05, 3.63) is 100.0 Å². The largest absolute Gasteiger partial charge is 0.491 e. The monoisotopic (exact) mass is 506 g/mol. The number of rotatable bonds is 8. The molecule has 1 aliphatic heterocycles. The van der Waals surface area contributed by atoms with Gasteiger partial charge in [-0.25, -0.2) is 4.39 Å². The second-order valence-electron chi connectivity index (χ2n) is 8.98. The van der Waals surface area contributed by atoms with Crippen molar-refractivity contribution in [2.45, 2.75) is 25.3 Å². The van der Waals surface area contributed by atoms with Crippen molar-refractivity contribution in [2.24, 2.45) is 0 Å². The van der Waals surface area contributed by atoms with E-state index in [1.54, 1.807) is 19.2 Å². The Morgan fingerprint density at radius 2 is 1.86 bits per heavy atom. The van der Waals surface area contributed by atoms with Gasteiger partial charge in [0, 0.05) is 41.7 Å². The third-order valence-corrected chi connectivity index (χ3v) is 6.94. The zero-order valence-corrected chi connectivity index (χ0v) is 20.9. The Balaban J connectivity index is 1.45. The molecule has 1 aliphatic rings. The Hall–Kier alpha value is -3.35. The van der Waals surface area contributed by atoms with Gasteiger partial charge in [0.15, 0.2) is 0 Å². The molecule has 0 spiro atoms. The van der Waals surface area contributed by atoms with Gasteiger partial charge in [-0.2, -0.15) is 0 Å². The number of carbonyl (C=O) groups is 1. The molecular formula is C29H28ClFN2O3. The van der Waals surface area contributed by atoms with Gasteiger partial charge in [-0.15, -0.1) is 0 Å². The fraction of sp³-hybridized carbons (Fsp3) is 0.276. The Morgan fingerprint density at radius 1 is 1.08 bits per heavy atom. The molecule has 0 saturated carbocycles. The molecule has 5 rings (SSSR count). The van der Waals surface area contributed by atoms with Gasteiger partial charge in [0.25, 0.3) is 0 Å². The number of aromatic amines is 1. The van der Waals surface area contributed by atoms with Gasteiger partial charge in [0.05, 0.1) is 12.6 Å². The fourth-order valence-electron chi connectivity index (χ4n) is 4.91. The van der Waals surface area contributed by atoms with Gasteiger partial charge in [-0.3, -0.25) is 4.79 Å². The number of benzene rings is 3. The summed E-state index contributed by atoms with van der Waals surface area (Å²) in [4.78, 5) is 19.0. The fourth-order valence-corrected chi connectivity index (χ4v) is 5.08. The van der Waals surface area contributed by atoms with Gasteiger partial charge in [0.1, 0.15) is 18.2 Å². The molecule has 3 aromatic carbocycles. The van der Waals surface area contributed by atoms with Crippen molar-refractivity contribution in [1.82, 2.24) is 9.88 Å². The molecule has 2 heterocycles. The zero-order valence-electron chi connectivity index (χ0n) is 20.1. The van der Waals surface area contributed by atoms with Gasteiger partial charge in [0.2, 0.25) is 5.91 Å². The lowest BCUT2D eigenvalue weighted by molar-refractivity contribution is -0.133. The third-order valence-electron chi connectivity index (χ3n) is 6.70. The summed E-state index contributed by atoms with van der Waals surface area (Å²) in [5, 5.41) is 1.79. The summed E-state index contributed by atoms with van der Waals surface area (Å²) >= 11 is 6.30. The lowest BCUT2D eigenvalue weighted by Gasteiger charge is -2.36. The summed E-state index contributed by atoms with van der Waals surface area (Å²) < 4.78 is 24.1. The predicted octanol–water partition coefficient (Wildman–Crippen LogP) is 6.09. The number of H-pyrrole nitrogens is 1. The number of halogens is 2. The minimum atomic E-state index is -0.276. The van der Waals surface area contributed by atoms with E-state index in [-0.39, 0.29) is 17.8 Å². The molecule has 7 heteroatoms. The molecule has 36 heavy (non-hydrogen) atoms. The highest BCUT2D eigenvalue weighted by atomic mass is 35.5. The van der Waals surface area contributed by atoms with E-state index < -0.39 is 0 Å². The summed E-state index contributed by atoms with van der Waals surface area (Å²) in [5.41, 5.74) is 5.16. The average molecular weight is 507 g/mol. The van der Waals surface area contributed by atoms with Crippen LogP contribution in [0.3, 0.4) is 0 Å². The first-order chi connectivity index (χ1) is 17.5. The number of ether oxygens (including phenoxy) is 2. The zero-order chi connectivity index (χ0) is 25.1. The van der Waals surface area contributed by atoms with Crippen LogP contribution < -0.4 is 4.74 Å². The van der Waals surface area contributed by atoms with Crippen LogP contribution in [0, 0.1) is 5.82 Å². The minimum Gasteiger partial charge on any atom is -0.491 e. The maximum absolute atomic E-state index is 13.5. The molecule has 186 valence electrons. The first-order valence-electron chi connectivity index (χ1n) is 12.1. The SMILES string of the molecule is COCCOc1ccc(C2c3[nH]c4ccc(Cl)cc4c3CCN2C(=O)CCc2ccc(F)cc2)cc1. The molecule has 1 N–H and O–H groups in total. The van der Waals surface area contributed by atoms with Crippen LogP contribution in [-0.2, 0) is 22.4 Å². The Bertz CT molecular complexity index is 1350. The summed E-state index contributed by atoms with van der Waals surface area (Å²) in [6.45, 7) is 1.59. The molecule has 0 saturated heterocycles. The van der Waals surface area contributed by atoms with Crippen molar-refractivity contribution >= 4 is 28.4 Å². The summed E-state index contributed by atoms with van der Waals surface area (Å²) in [7, 11) is 1.64. The first kappa shape index (κ1) is 24.3. The number of aryl methyl sites for hydroxylation is 1. The molecule has 0 bridgehead atoms. The summed E-state index contributed by atoms with van der Waals surface area (Å²) in [6, 6.07) is 19.8. The standard InChI is InChI=1S/C29H28ClFN2O3/c1-35-16-17-36-23-10-5-20(6-11-23)29-28-24(25-18-21(30)7-12-26(25)32-28)14-15-33(29)27(34)13-4-19-2-8-22(31)9-3-19/h2-3,5-12,18,29,32H,4,13-17H2,1H3. The van der Waals surface area contributed by atoms with E-state index in [4.69, 9.17) is 21.1 Å². The number of methoxy groups -OCH3 is 1. The molecule has 4 aromatic rings. The van der Waals surface area contributed by atoms with E-state index >= 15 is 0 Å². The normalized spacial score (nSPS) is 15.2. The minimum absolute atomic E-state index is 0.0621. The highest BCUT2D eigenvalue weighted by molar-refractivity contribution is 6.31. The average Bonchev–Trinajstić information content (AvgIpc) is 3.26. The lowest BCUT2D eigenvalue weighted by atomic mass is 9.91. The van der Waals surface area contributed by atoms with E-state index in [1.807, 2.05) is 47.4 Å². The third kappa shape index (κ3) is 5.11. The van der Waals surface area contributed by atoms with Crippen molar-refractivity contribution in [3.63, 3.8) is 0 Å². The van der Waals surface area contributed by atoms with Crippen LogP contribution >= 0.6 is 11.6 Å². The topological polar surface area (TPSA) is 54.6 Å². The molecular weight excluding hydrogens is 479 g/mol. The Morgan fingerprint density at radius 3 is 2.61 bits per heavy atom. The number of fused-ring (bicyclic) bond motifs is 3. The van der Waals surface area contributed by atoms with Crippen LogP contribution in [-0.4, -0.2) is 42.7 Å². The van der Waals surface area contributed by atoms with Gasteiger partial charge < -0.3 is 19.4 Å². The van der Waals surface area contributed by atoms with Crippen molar-refractivity contribution in [1.29, 1.82) is 0 Å². The summed E-state index contributed by atoms with van der Waals surface area (Å²) in [5.74, 6) is 0.541. The first-order valence-corrected chi connectivity index (χ1v) is 12.5. The van der Waals surface area contributed by atoms with Crippen LogP contribution in [0.1, 0.15) is 34.8 Å². The molecule has 0 fully saturated rings. The smallest absolute Gasteiger partial charge is 0.223 e. The van der Waals surface area contributed by atoms with Crippen LogP contribution in [0.25, 0.3) is 10.9 Å². The molecule has 1 amide bonds. The van der Waals surface area contributed by atoms with E-state index in [1.165, 1.54) is 17.7 Å². The van der Waals surface area contributed by atoms with Crippen LogP contribution in [0.2, 0.25) is 5.02 Å². The van der Waals surface area contributed by atoms with E-state index in [0.29, 0.717) is 37.6 Å². The van der Waals surface area contributed by atoms with Gasteiger partial charge in [-0.05, 0) is 72.0 Å². The van der Waals surface area contributed by atoms with Crippen molar-refractivity contribution < 1.29 is 18.7 Å². The molecule has 0 aliphatic carbocycles. The molecule has 1 unspecified atom stereocenters. The van der Waals surface area contributed by atoms with Crippen LogP contribution in [0.5, 0.6) is 5.75 Å². The van der Waals surface area contributed by atoms with Crippen molar-refractivity contribution in [2.75, 3.05) is 26.9 Å². The number of aromatic nitrogens is 1. The summed E-state index contributed by atoms with van der Waals surface area (Å²) in [6.07, 6.45) is 1.65. The van der Waals surface area contributed by atoms with E-state index in [2.05, 4.69) is 4.98 Å². The molecule has 1 atom stereocenters. The molecule has 0 radical (unpaired) electrons. The highest BCUT2D eigenvalue weighted by Crippen LogP contribution is 2.39. The van der Waals surface area contributed by atoms with E-state index in [9.17, 15) is 9.18 Å². The van der Waals surface area contributed by atoms with Crippen LogP contribution in [0.15, 0.2) is 66.7 Å². The van der Waals surface area contributed by atoms with Crippen LogP contribution in [0.4, 0.5) is 4.39 Å². The number of nitrogens with zero attached hydrogens (tertiary/aromatic N) is 1. The number of hydrogen-bond donors (Lipinski definition) is 1. The van der Waals surface area contributed by atoms with Crippen molar-refractivity contribution in [3.8, 4) is 5.75 Å². The number of amides is 1.